The standard InChI is InChI=1S/C20H24N2O4S/c1-14-7-6-8-19(15(14)2)27(24,25)21-16-10-11-17(18(13-16)26-3)22-12-5-4-9-20(22)23/h6-8,10-11,13,21H,4-5,9,12H2,1-3H3. The molecule has 1 fully saturated rings. The predicted octanol–water partition coefficient (Wildman–Crippen LogP) is 3.63. The van der Waals surface area contributed by atoms with Crippen molar-refractivity contribution in [3.63, 3.8) is 0 Å². The van der Waals surface area contributed by atoms with Gasteiger partial charge in [0.15, 0.2) is 0 Å². The smallest absolute Gasteiger partial charge is 0.262 e. The lowest BCUT2D eigenvalue weighted by Gasteiger charge is -2.28. The van der Waals surface area contributed by atoms with Gasteiger partial charge in [-0.25, -0.2) is 8.42 Å². The quantitative estimate of drug-likeness (QED) is 0.849. The molecule has 3 rings (SSSR count). The van der Waals surface area contributed by atoms with Crippen molar-refractivity contribution in [2.45, 2.75) is 38.0 Å². The molecule has 0 radical (unpaired) electrons. The molecule has 6 nitrogen and oxygen atoms in total. The maximum absolute atomic E-state index is 12.8. The Hall–Kier alpha value is -2.54. The molecule has 0 aromatic heterocycles. The molecule has 0 atom stereocenters. The molecule has 1 N–H and O–H groups in total. The molecule has 2 aromatic rings. The highest BCUT2D eigenvalue weighted by molar-refractivity contribution is 7.92. The van der Waals surface area contributed by atoms with Gasteiger partial charge in [-0.15, -0.1) is 0 Å². The first-order valence-corrected chi connectivity index (χ1v) is 10.4. The summed E-state index contributed by atoms with van der Waals surface area (Å²) in [4.78, 5) is 14.1. The average Bonchev–Trinajstić information content (AvgIpc) is 2.64. The summed E-state index contributed by atoms with van der Waals surface area (Å²) in [7, 11) is -2.22. The van der Waals surface area contributed by atoms with Gasteiger partial charge in [0, 0.05) is 19.0 Å². The fraction of sp³-hybridized carbons (Fsp3) is 0.350. The molecule has 0 unspecified atom stereocenters. The van der Waals surface area contributed by atoms with Gasteiger partial charge in [0.2, 0.25) is 5.91 Å². The van der Waals surface area contributed by atoms with Crippen LogP contribution in [0.2, 0.25) is 0 Å². The normalized spacial score (nSPS) is 14.9. The Balaban J connectivity index is 1.92. The number of nitrogens with one attached hydrogen (secondary N) is 1. The van der Waals surface area contributed by atoms with Crippen LogP contribution in [0, 0.1) is 13.8 Å². The third-order valence-electron chi connectivity index (χ3n) is 4.89. The number of carbonyl (C=O) groups excluding carboxylic acids is 1. The Kier molecular flexibility index (Phi) is 5.41. The maximum Gasteiger partial charge on any atom is 0.262 e. The minimum atomic E-state index is -3.73. The van der Waals surface area contributed by atoms with Crippen molar-refractivity contribution >= 4 is 27.3 Å². The van der Waals surface area contributed by atoms with E-state index in [0.717, 1.165) is 18.4 Å². The molecular weight excluding hydrogens is 364 g/mol. The largest absolute Gasteiger partial charge is 0.494 e. The minimum absolute atomic E-state index is 0.0586. The van der Waals surface area contributed by atoms with Gasteiger partial charge in [0.25, 0.3) is 10.0 Å². The van der Waals surface area contributed by atoms with Crippen LogP contribution < -0.4 is 14.4 Å². The molecule has 7 heteroatoms. The van der Waals surface area contributed by atoms with Crippen LogP contribution in [0.4, 0.5) is 11.4 Å². The lowest BCUT2D eigenvalue weighted by Crippen LogP contribution is -2.35. The van der Waals surface area contributed by atoms with Crippen LogP contribution >= 0.6 is 0 Å². The molecule has 1 aliphatic heterocycles. The van der Waals surface area contributed by atoms with Crippen LogP contribution in [0.3, 0.4) is 0 Å². The number of nitrogens with zero attached hydrogens (tertiary/aromatic N) is 1. The summed E-state index contributed by atoms with van der Waals surface area (Å²) in [5.74, 6) is 0.523. The Morgan fingerprint density at radius 1 is 1.11 bits per heavy atom. The zero-order valence-electron chi connectivity index (χ0n) is 15.8. The van der Waals surface area contributed by atoms with Crippen molar-refractivity contribution in [3.05, 3.63) is 47.5 Å². The first-order valence-electron chi connectivity index (χ1n) is 8.91. The number of carbonyl (C=O) groups is 1. The second-order valence-corrected chi connectivity index (χ2v) is 8.34. The van der Waals surface area contributed by atoms with Crippen molar-refractivity contribution in [2.24, 2.45) is 0 Å². The van der Waals surface area contributed by atoms with Crippen LogP contribution in [0.15, 0.2) is 41.3 Å². The van der Waals surface area contributed by atoms with E-state index in [1.807, 2.05) is 13.0 Å². The van der Waals surface area contributed by atoms with Gasteiger partial charge in [0.1, 0.15) is 5.75 Å². The molecule has 0 saturated carbocycles. The van der Waals surface area contributed by atoms with Crippen molar-refractivity contribution in [2.75, 3.05) is 23.3 Å². The zero-order valence-corrected chi connectivity index (χ0v) is 16.6. The highest BCUT2D eigenvalue weighted by atomic mass is 32.2. The van der Waals surface area contributed by atoms with Crippen molar-refractivity contribution in [3.8, 4) is 5.75 Å². The first kappa shape index (κ1) is 19.2. The van der Waals surface area contributed by atoms with Gasteiger partial charge >= 0.3 is 0 Å². The number of piperidine rings is 1. The summed E-state index contributed by atoms with van der Waals surface area (Å²) in [5, 5.41) is 0. The summed E-state index contributed by atoms with van der Waals surface area (Å²) in [6, 6.07) is 10.2. The van der Waals surface area contributed by atoms with Gasteiger partial charge < -0.3 is 9.64 Å². The van der Waals surface area contributed by atoms with E-state index in [0.29, 0.717) is 35.7 Å². The SMILES string of the molecule is COc1cc(NS(=O)(=O)c2cccc(C)c2C)ccc1N1CCCCC1=O. The van der Waals surface area contributed by atoms with E-state index in [-0.39, 0.29) is 10.8 Å². The molecular formula is C20H24N2O4S. The van der Waals surface area contributed by atoms with E-state index in [1.165, 1.54) is 7.11 Å². The lowest BCUT2D eigenvalue weighted by atomic mass is 10.1. The number of rotatable bonds is 5. The van der Waals surface area contributed by atoms with Crippen molar-refractivity contribution in [1.82, 2.24) is 0 Å². The number of ether oxygens (including phenoxy) is 1. The number of aryl methyl sites for hydroxylation is 1. The molecule has 1 aliphatic rings. The van der Waals surface area contributed by atoms with Crippen LogP contribution in [0.25, 0.3) is 0 Å². The summed E-state index contributed by atoms with van der Waals surface area (Å²) in [6.45, 7) is 4.31. The number of anilines is 2. The second-order valence-electron chi connectivity index (χ2n) is 6.69. The van der Waals surface area contributed by atoms with Crippen LogP contribution in [0.5, 0.6) is 5.75 Å². The number of sulfonamides is 1. The van der Waals surface area contributed by atoms with Gasteiger partial charge in [-0.05, 0) is 56.0 Å². The molecule has 1 amide bonds. The predicted molar refractivity (Wildman–Crippen MR) is 106 cm³/mol. The third-order valence-corrected chi connectivity index (χ3v) is 6.42. The van der Waals surface area contributed by atoms with Crippen LogP contribution in [-0.2, 0) is 14.8 Å². The molecule has 0 bridgehead atoms. The van der Waals surface area contributed by atoms with Gasteiger partial charge in [-0.1, -0.05) is 12.1 Å². The number of methoxy groups -OCH3 is 1. The fourth-order valence-corrected chi connectivity index (χ4v) is 4.62. The van der Waals surface area contributed by atoms with E-state index in [1.54, 1.807) is 42.2 Å². The monoisotopic (exact) mass is 388 g/mol. The van der Waals surface area contributed by atoms with E-state index in [2.05, 4.69) is 4.72 Å². The number of hydrogen-bond donors (Lipinski definition) is 1. The Morgan fingerprint density at radius 3 is 2.59 bits per heavy atom. The van der Waals surface area contributed by atoms with Crippen LogP contribution in [-0.4, -0.2) is 28.0 Å². The average molecular weight is 388 g/mol. The molecule has 0 aliphatic carbocycles. The molecule has 1 saturated heterocycles. The van der Waals surface area contributed by atoms with E-state index >= 15 is 0 Å². The molecule has 27 heavy (non-hydrogen) atoms. The van der Waals surface area contributed by atoms with E-state index < -0.39 is 10.0 Å². The fourth-order valence-electron chi connectivity index (χ4n) is 3.25. The Bertz CT molecular complexity index is 970. The molecule has 2 aromatic carbocycles. The summed E-state index contributed by atoms with van der Waals surface area (Å²) < 4.78 is 33.6. The molecule has 1 heterocycles. The summed E-state index contributed by atoms with van der Waals surface area (Å²) >= 11 is 0. The van der Waals surface area contributed by atoms with Gasteiger partial charge in [-0.3, -0.25) is 9.52 Å². The Labute approximate surface area is 160 Å². The van der Waals surface area contributed by atoms with Crippen molar-refractivity contribution in [1.29, 1.82) is 0 Å². The van der Waals surface area contributed by atoms with E-state index in [4.69, 9.17) is 4.74 Å². The topological polar surface area (TPSA) is 75.7 Å². The first-order chi connectivity index (χ1) is 12.8. The lowest BCUT2D eigenvalue weighted by molar-refractivity contribution is -0.119. The van der Waals surface area contributed by atoms with Crippen LogP contribution in [0.1, 0.15) is 30.4 Å². The molecule has 0 spiro atoms. The Morgan fingerprint density at radius 2 is 1.89 bits per heavy atom. The maximum atomic E-state index is 12.8. The number of benzene rings is 2. The highest BCUT2D eigenvalue weighted by Gasteiger charge is 2.24. The highest BCUT2D eigenvalue weighted by Crippen LogP contribution is 2.34. The second kappa shape index (κ2) is 7.60. The zero-order chi connectivity index (χ0) is 19.6. The van der Waals surface area contributed by atoms with Gasteiger partial charge in [0.05, 0.1) is 23.4 Å². The summed E-state index contributed by atoms with van der Waals surface area (Å²) in [6.07, 6.45) is 2.35. The third kappa shape index (κ3) is 3.93. The van der Waals surface area contributed by atoms with Gasteiger partial charge in [-0.2, -0.15) is 0 Å². The minimum Gasteiger partial charge on any atom is -0.494 e. The number of amides is 1. The molecule has 144 valence electrons. The van der Waals surface area contributed by atoms with E-state index in [9.17, 15) is 13.2 Å². The number of hydrogen-bond acceptors (Lipinski definition) is 4. The van der Waals surface area contributed by atoms with Crippen molar-refractivity contribution < 1.29 is 17.9 Å². The summed E-state index contributed by atoms with van der Waals surface area (Å²) in [5.41, 5.74) is 2.68.